The number of carbonyl (C=O) groups is 2. The van der Waals surface area contributed by atoms with E-state index in [9.17, 15) is 14.4 Å². The SMILES string of the molecule is CC(=O)c1ccc(NC(=O)[C@H](C)Sc2nc3ccccc3c(=O)[nH]2)cc1. The lowest BCUT2D eigenvalue weighted by Crippen LogP contribution is -2.23. The number of nitrogens with one attached hydrogen (secondary N) is 2. The molecule has 6 nitrogen and oxygen atoms in total. The molecule has 0 aliphatic heterocycles. The first-order chi connectivity index (χ1) is 12.4. The average molecular weight is 367 g/mol. The topological polar surface area (TPSA) is 91.9 Å². The molecule has 0 saturated heterocycles. The van der Waals surface area contributed by atoms with E-state index in [1.165, 1.54) is 18.7 Å². The van der Waals surface area contributed by atoms with Crippen molar-refractivity contribution in [3.8, 4) is 0 Å². The molecule has 3 rings (SSSR count). The summed E-state index contributed by atoms with van der Waals surface area (Å²) < 4.78 is 0. The first-order valence-corrected chi connectivity index (χ1v) is 8.89. The van der Waals surface area contributed by atoms with Crippen LogP contribution in [0.3, 0.4) is 0 Å². The van der Waals surface area contributed by atoms with Crippen LogP contribution in [0.25, 0.3) is 10.9 Å². The van der Waals surface area contributed by atoms with Gasteiger partial charge in [0.15, 0.2) is 10.9 Å². The second-order valence-electron chi connectivity index (χ2n) is 5.77. The third-order valence-corrected chi connectivity index (χ3v) is 4.79. The first-order valence-electron chi connectivity index (χ1n) is 8.01. The number of anilines is 1. The van der Waals surface area contributed by atoms with Crippen molar-refractivity contribution < 1.29 is 9.59 Å². The van der Waals surface area contributed by atoms with Gasteiger partial charge in [0.25, 0.3) is 5.56 Å². The highest BCUT2D eigenvalue weighted by Gasteiger charge is 2.17. The fraction of sp³-hybridized carbons (Fsp3) is 0.158. The molecular weight excluding hydrogens is 350 g/mol. The number of fused-ring (bicyclic) bond motifs is 1. The number of benzene rings is 2. The number of thioether (sulfide) groups is 1. The lowest BCUT2D eigenvalue weighted by Gasteiger charge is -2.12. The van der Waals surface area contributed by atoms with E-state index in [1.807, 2.05) is 6.07 Å². The second-order valence-corrected chi connectivity index (χ2v) is 7.10. The summed E-state index contributed by atoms with van der Waals surface area (Å²) in [7, 11) is 0. The highest BCUT2D eigenvalue weighted by atomic mass is 32.2. The van der Waals surface area contributed by atoms with Crippen molar-refractivity contribution in [2.45, 2.75) is 24.3 Å². The lowest BCUT2D eigenvalue weighted by molar-refractivity contribution is -0.115. The third-order valence-electron chi connectivity index (χ3n) is 3.81. The number of aromatic amines is 1. The largest absolute Gasteiger partial charge is 0.325 e. The van der Waals surface area contributed by atoms with Crippen molar-refractivity contribution in [3.05, 3.63) is 64.4 Å². The molecule has 0 aliphatic carbocycles. The molecule has 0 saturated carbocycles. The summed E-state index contributed by atoms with van der Waals surface area (Å²) in [5.41, 5.74) is 1.55. The molecule has 0 spiro atoms. The fourth-order valence-corrected chi connectivity index (χ4v) is 3.18. The Hall–Kier alpha value is -2.93. The monoisotopic (exact) mass is 367 g/mol. The minimum Gasteiger partial charge on any atom is -0.325 e. The van der Waals surface area contributed by atoms with Crippen LogP contribution in [0.4, 0.5) is 5.69 Å². The Labute approximate surface area is 154 Å². The van der Waals surface area contributed by atoms with E-state index in [2.05, 4.69) is 15.3 Å². The summed E-state index contributed by atoms with van der Waals surface area (Å²) in [5, 5.41) is 3.23. The molecule has 1 aromatic heterocycles. The van der Waals surface area contributed by atoms with Crippen LogP contribution >= 0.6 is 11.8 Å². The Morgan fingerprint density at radius 2 is 1.81 bits per heavy atom. The van der Waals surface area contributed by atoms with E-state index in [0.717, 1.165) is 0 Å². The summed E-state index contributed by atoms with van der Waals surface area (Å²) in [6.07, 6.45) is 0. The van der Waals surface area contributed by atoms with Gasteiger partial charge in [-0.2, -0.15) is 0 Å². The van der Waals surface area contributed by atoms with Gasteiger partial charge in [-0.3, -0.25) is 14.4 Å². The summed E-state index contributed by atoms with van der Waals surface area (Å²) in [6.45, 7) is 3.22. The van der Waals surface area contributed by atoms with Gasteiger partial charge >= 0.3 is 0 Å². The van der Waals surface area contributed by atoms with E-state index in [1.54, 1.807) is 49.4 Å². The van der Waals surface area contributed by atoms with Crippen LogP contribution < -0.4 is 10.9 Å². The van der Waals surface area contributed by atoms with Gasteiger partial charge in [-0.05, 0) is 50.2 Å². The number of aromatic nitrogens is 2. The van der Waals surface area contributed by atoms with Crippen LogP contribution in [0, 0.1) is 0 Å². The van der Waals surface area contributed by atoms with E-state index in [-0.39, 0.29) is 17.2 Å². The lowest BCUT2D eigenvalue weighted by atomic mass is 10.1. The molecule has 3 aromatic rings. The Morgan fingerprint density at radius 3 is 2.50 bits per heavy atom. The second kappa shape index (κ2) is 7.53. The maximum Gasteiger partial charge on any atom is 0.259 e. The van der Waals surface area contributed by atoms with E-state index < -0.39 is 5.25 Å². The van der Waals surface area contributed by atoms with Crippen LogP contribution in [0.5, 0.6) is 0 Å². The van der Waals surface area contributed by atoms with E-state index >= 15 is 0 Å². The predicted molar refractivity (Wildman–Crippen MR) is 103 cm³/mol. The molecule has 26 heavy (non-hydrogen) atoms. The van der Waals surface area contributed by atoms with Gasteiger partial charge in [0.1, 0.15) is 0 Å². The maximum absolute atomic E-state index is 12.4. The Kier molecular flexibility index (Phi) is 5.18. The van der Waals surface area contributed by atoms with E-state index in [4.69, 9.17) is 0 Å². The molecule has 2 N–H and O–H groups in total. The molecule has 1 heterocycles. The number of nitrogens with zero attached hydrogens (tertiary/aromatic N) is 1. The molecule has 0 fully saturated rings. The molecule has 1 amide bonds. The molecule has 7 heteroatoms. The number of hydrogen-bond acceptors (Lipinski definition) is 5. The van der Waals surface area contributed by atoms with Gasteiger partial charge in [0.2, 0.25) is 5.91 Å². The Bertz CT molecular complexity index is 1030. The fourth-order valence-electron chi connectivity index (χ4n) is 2.37. The average Bonchev–Trinajstić information content (AvgIpc) is 2.62. The smallest absolute Gasteiger partial charge is 0.259 e. The van der Waals surface area contributed by atoms with Gasteiger partial charge in [0, 0.05) is 11.3 Å². The van der Waals surface area contributed by atoms with Gasteiger partial charge in [-0.15, -0.1) is 0 Å². The summed E-state index contributed by atoms with van der Waals surface area (Å²) in [6, 6.07) is 13.7. The van der Waals surface area contributed by atoms with Gasteiger partial charge in [-0.1, -0.05) is 23.9 Å². The first kappa shape index (κ1) is 17.9. The summed E-state index contributed by atoms with van der Waals surface area (Å²) in [4.78, 5) is 42.8. The van der Waals surface area contributed by atoms with Crippen molar-refractivity contribution in [1.82, 2.24) is 9.97 Å². The van der Waals surface area contributed by atoms with Crippen molar-refractivity contribution in [3.63, 3.8) is 0 Å². The molecule has 0 bridgehead atoms. The van der Waals surface area contributed by atoms with Crippen LogP contribution in [0.2, 0.25) is 0 Å². The normalized spacial score (nSPS) is 11.9. The molecule has 132 valence electrons. The number of H-pyrrole nitrogens is 1. The van der Waals surface area contributed by atoms with Gasteiger partial charge in [-0.25, -0.2) is 4.98 Å². The van der Waals surface area contributed by atoms with Crippen LogP contribution in [-0.4, -0.2) is 26.9 Å². The van der Waals surface area contributed by atoms with Crippen molar-refractivity contribution in [2.24, 2.45) is 0 Å². The highest BCUT2D eigenvalue weighted by molar-refractivity contribution is 8.00. The number of Topliss-reactive ketones (excluding diaryl/α,β-unsaturated/α-hetero) is 1. The van der Waals surface area contributed by atoms with Crippen LogP contribution in [-0.2, 0) is 4.79 Å². The predicted octanol–water partition coefficient (Wildman–Crippen LogP) is 3.25. The maximum atomic E-state index is 12.4. The van der Waals surface area contributed by atoms with Gasteiger partial charge in [0.05, 0.1) is 16.2 Å². The van der Waals surface area contributed by atoms with Crippen molar-refractivity contribution in [2.75, 3.05) is 5.32 Å². The standard InChI is InChI=1S/C19H17N3O3S/c1-11(23)13-7-9-14(10-8-13)20-17(24)12(2)26-19-21-16-6-4-3-5-15(16)18(25)22-19/h3-10,12H,1-2H3,(H,20,24)(H,21,22,25)/t12-/m0/s1. The molecule has 0 radical (unpaired) electrons. The van der Waals surface area contributed by atoms with Gasteiger partial charge < -0.3 is 10.3 Å². The Morgan fingerprint density at radius 1 is 1.12 bits per heavy atom. The number of ketones is 1. The Balaban J connectivity index is 1.71. The quantitative estimate of drug-likeness (QED) is 0.410. The minimum absolute atomic E-state index is 0.0295. The zero-order valence-electron chi connectivity index (χ0n) is 14.3. The number of carbonyl (C=O) groups excluding carboxylic acids is 2. The third kappa shape index (κ3) is 4.00. The molecule has 0 aliphatic rings. The molecular formula is C19H17N3O3S. The van der Waals surface area contributed by atoms with Crippen molar-refractivity contribution >= 4 is 40.0 Å². The number of rotatable bonds is 5. The molecule has 1 atom stereocenters. The number of amides is 1. The summed E-state index contributed by atoms with van der Waals surface area (Å²) in [5.74, 6) is -0.250. The van der Waals surface area contributed by atoms with E-state index in [0.29, 0.717) is 27.3 Å². The zero-order valence-corrected chi connectivity index (χ0v) is 15.1. The number of para-hydroxylation sites is 1. The van der Waals surface area contributed by atoms with Crippen molar-refractivity contribution in [1.29, 1.82) is 0 Å². The minimum atomic E-state index is -0.466. The van der Waals surface area contributed by atoms with Crippen LogP contribution in [0.15, 0.2) is 58.5 Å². The highest BCUT2D eigenvalue weighted by Crippen LogP contribution is 2.21. The number of hydrogen-bond donors (Lipinski definition) is 2. The summed E-state index contributed by atoms with van der Waals surface area (Å²) >= 11 is 1.18. The van der Waals surface area contributed by atoms with Crippen LogP contribution in [0.1, 0.15) is 24.2 Å². The molecule has 2 aromatic carbocycles. The zero-order chi connectivity index (χ0) is 18.7. The molecule has 0 unspecified atom stereocenters.